The molecule has 0 unspecified atom stereocenters. The highest BCUT2D eigenvalue weighted by molar-refractivity contribution is 7.12. The average Bonchev–Trinajstić information content (AvgIpc) is 2.69. The second-order valence-corrected chi connectivity index (χ2v) is 4.99. The lowest BCUT2D eigenvalue weighted by Crippen LogP contribution is -1.96. The molecule has 0 amide bonds. The number of nitriles is 1. The number of thiazole rings is 1. The van der Waals surface area contributed by atoms with Crippen LogP contribution >= 0.6 is 11.3 Å². The smallest absolute Gasteiger partial charge is 0.159 e. The lowest BCUT2D eigenvalue weighted by atomic mass is 10.1. The topological polar surface area (TPSA) is 65.8 Å². The molecule has 1 aromatic heterocycles. The van der Waals surface area contributed by atoms with E-state index in [0.717, 1.165) is 10.7 Å². The number of nitrogens with zero attached hydrogens (tertiary/aromatic N) is 2. The maximum absolute atomic E-state index is 11.3. The van der Waals surface area contributed by atoms with Crippen LogP contribution in [-0.2, 0) is 0 Å². The number of rotatable bonds is 3. The summed E-state index contributed by atoms with van der Waals surface area (Å²) in [6.45, 7) is 3.37. The maximum atomic E-state index is 11.3. The molecule has 0 aliphatic carbocycles. The molecule has 0 spiro atoms. The van der Waals surface area contributed by atoms with Crippen LogP contribution in [0.4, 0.5) is 11.5 Å². The van der Waals surface area contributed by atoms with Gasteiger partial charge >= 0.3 is 0 Å². The van der Waals surface area contributed by atoms with Crippen LogP contribution in [0.25, 0.3) is 0 Å². The molecular formula is C13H11N3OS. The number of nitrogens with one attached hydrogen (secondary N) is 1. The van der Waals surface area contributed by atoms with Gasteiger partial charge in [-0.3, -0.25) is 4.79 Å². The fourth-order valence-corrected chi connectivity index (χ4v) is 2.21. The number of benzene rings is 1. The molecule has 0 aliphatic rings. The second kappa shape index (κ2) is 4.98. The van der Waals surface area contributed by atoms with Crippen LogP contribution in [-0.4, -0.2) is 10.8 Å². The van der Waals surface area contributed by atoms with Crippen molar-refractivity contribution in [1.82, 2.24) is 4.98 Å². The van der Waals surface area contributed by atoms with Crippen molar-refractivity contribution >= 4 is 28.6 Å². The minimum atomic E-state index is 0.00798. The van der Waals surface area contributed by atoms with E-state index in [1.165, 1.54) is 18.3 Å². The molecule has 0 radical (unpaired) electrons. The third-order valence-electron chi connectivity index (χ3n) is 2.37. The Kier molecular flexibility index (Phi) is 3.40. The van der Waals surface area contributed by atoms with Gasteiger partial charge in [-0.25, -0.2) is 4.98 Å². The molecule has 0 atom stereocenters. The predicted molar refractivity (Wildman–Crippen MR) is 71.3 cm³/mol. The summed E-state index contributed by atoms with van der Waals surface area (Å²) < 4.78 is 0. The molecular weight excluding hydrogens is 246 g/mol. The first kappa shape index (κ1) is 12.3. The van der Waals surface area contributed by atoms with E-state index >= 15 is 0 Å². The van der Waals surface area contributed by atoms with E-state index in [0.29, 0.717) is 16.3 Å². The lowest BCUT2D eigenvalue weighted by Gasteiger charge is -2.04. The van der Waals surface area contributed by atoms with Crippen molar-refractivity contribution in [2.24, 2.45) is 0 Å². The largest absolute Gasteiger partial charge is 0.338 e. The van der Waals surface area contributed by atoms with Crippen LogP contribution in [0.1, 0.15) is 27.2 Å². The average molecular weight is 257 g/mol. The molecule has 0 saturated heterocycles. The van der Waals surface area contributed by atoms with Crippen LogP contribution in [0.15, 0.2) is 24.3 Å². The van der Waals surface area contributed by atoms with Gasteiger partial charge in [0.25, 0.3) is 0 Å². The Morgan fingerprint density at radius 2 is 2.28 bits per heavy atom. The van der Waals surface area contributed by atoms with E-state index in [4.69, 9.17) is 5.26 Å². The first-order chi connectivity index (χ1) is 8.60. The van der Waals surface area contributed by atoms with Gasteiger partial charge in [0.05, 0.1) is 5.01 Å². The minimum Gasteiger partial charge on any atom is -0.338 e. The summed E-state index contributed by atoms with van der Waals surface area (Å²) in [5.41, 5.74) is 1.38. The highest BCUT2D eigenvalue weighted by Crippen LogP contribution is 2.25. The second-order valence-electron chi connectivity index (χ2n) is 3.78. The molecule has 0 saturated carbocycles. The third kappa shape index (κ3) is 2.55. The van der Waals surface area contributed by atoms with Gasteiger partial charge in [-0.05, 0) is 26.0 Å². The van der Waals surface area contributed by atoms with Gasteiger partial charge in [-0.2, -0.15) is 5.26 Å². The first-order valence-corrected chi connectivity index (χ1v) is 6.17. The van der Waals surface area contributed by atoms with E-state index < -0.39 is 0 Å². The van der Waals surface area contributed by atoms with Gasteiger partial charge in [0.1, 0.15) is 10.9 Å². The van der Waals surface area contributed by atoms with E-state index in [-0.39, 0.29) is 5.78 Å². The number of carbonyl (C=O) groups is 1. The van der Waals surface area contributed by atoms with Gasteiger partial charge in [0, 0.05) is 11.3 Å². The van der Waals surface area contributed by atoms with Gasteiger partial charge < -0.3 is 5.32 Å². The number of ketones is 1. The monoisotopic (exact) mass is 257 g/mol. The van der Waals surface area contributed by atoms with Crippen LogP contribution in [0.2, 0.25) is 0 Å². The van der Waals surface area contributed by atoms with Gasteiger partial charge in [0.2, 0.25) is 0 Å². The minimum absolute atomic E-state index is 0.00798. The fraction of sp³-hybridized carbons (Fsp3) is 0.154. The van der Waals surface area contributed by atoms with Crippen LogP contribution < -0.4 is 5.32 Å². The van der Waals surface area contributed by atoms with Crippen LogP contribution in [0.3, 0.4) is 0 Å². The Labute approximate surface area is 109 Å². The molecule has 1 aromatic carbocycles. The zero-order valence-corrected chi connectivity index (χ0v) is 10.8. The first-order valence-electron chi connectivity index (χ1n) is 5.35. The van der Waals surface area contributed by atoms with Gasteiger partial charge in [0.15, 0.2) is 11.6 Å². The predicted octanol–water partition coefficient (Wildman–Crippen LogP) is 3.27. The zero-order chi connectivity index (χ0) is 13.1. The molecule has 1 N–H and O–H groups in total. The highest BCUT2D eigenvalue weighted by atomic mass is 32.1. The molecule has 4 nitrogen and oxygen atoms in total. The van der Waals surface area contributed by atoms with E-state index in [1.54, 1.807) is 18.2 Å². The Morgan fingerprint density at radius 1 is 1.50 bits per heavy atom. The van der Waals surface area contributed by atoms with E-state index in [2.05, 4.69) is 16.4 Å². The molecule has 5 heteroatoms. The molecule has 2 rings (SSSR count). The Balaban J connectivity index is 2.31. The van der Waals surface area contributed by atoms with Gasteiger partial charge in [-0.15, -0.1) is 11.3 Å². The lowest BCUT2D eigenvalue weighted by molar-refractivity contribution is 0.101. The molecule has 90 valence electrons. The Hall–Kier alpha value is -2.19. The van der Waals surface area contributed by atoms with E-state index in [1.807, 2.05) is 13.0 Å². The third-order valence-corrected chi connectivity index (χ3v) is 3.24. The number of hydrogen-bond acceptors (Lipinski definition) is 5. The molecule has 0 aliphatic heterocycles. The van der Waals surface area contributed by atoms with Crippen LogP contribution in [0, 0.1) is 18.3 Å². The number of Topliss-reactive ketones (excluding diaryl/α,β-unsaturated/α-hetero) is 1. The summed E-state index contributed by atoms with van der Waals surface area (Å²) in [6, 6.07) is 9.24. The number of aromatic nitrogens is 1. The molecule has 18 heavy (non-hydrogen) atoms. The molecule has 2 aromatic rings. The Morgan fingerprint density at radius 3 is 2.94 bits per heavy atom. The summed E-state index contributed by atoms with van der Waals surface area (Å²) in [5.74, 6) is 0.550. The summed E-state index contributed by atoms with van der Waals surface area (Å²) in [6.07, 6.45) is 0. The van der Waals surface area contributed by atoms with Crippen LogP contribution in [0.5, 0.6) is 0 Å². The van der Waals surface area contributed by atoms with Crippen molar-refractivity contribution < 1.29 is 4.79 Å². The number of anilines is 2. The van der Waals surface area contributed by atoms with Crippen molar-refractivity contribution in [3.8, 4) is 6.07 Å². The summed E-state index contributed by atoms with van der Waals surface area (Å²) in [4.78, 5) is 16.1. The highest BCUT2D eigenvalue weighted by Gasteiger charge is 2.09. The van der Waals surface area contributed by atoms with Crippen molar-refractivity contribution in [3.63, 3.8) is 0 Å². The van der Waals surface area contributed by atoms with Crippen molar-refractivity contribution in [1.29, 1.82) is 5.26 Å². The van der Waals surface area contributed by atoms with Crippen molar-refractivity contribution in [2.45, 2.75) is 13.8 Å². The van der Waals surface area contributed by atoms with E-state index in [9.17, 15) is 4.79 Å². The summed E-state index contributed by atoms with van der Waals surface area (Å²) in [7, 11) is 0. The quantitative estimate of drug-likeness (QED) is 0.857. The molecule has 0 fully saturated rings. The normalized spacial score (nSPS) is 9.83. The van der Waals surface area contributed by atoms with Crippen molar-refractivity contribution in [2.75, 3.05) is 5.32 Å². The number of hydrogen-bond donors (Lipinski definition) is 1. The fourth-order valence-electron chi connectivity index (χ4n) is 1.54. The number of aryl methyl sites for hydroxylation is 1. The Bertz CT molecular complexity index is 640. The molecule has 1 heterocycles. The van der Waals surface area contributed by atoms with Gasteiger partial charge in [-0.1, -0.05) is 12.1 Å². The molecule has 0 bridgehead atoms. The standard InChI is InChI=1S/C13H11N3OS/c1-8(17)10-4-3-5-11(6-10)16-13-12(7-14)18-9(2)15-13/h3-6,16H,1-2H3. The SMILES string of the molecule is CC(=O)c1cccc(Nc2nc(C)sc2C#N)c1. The number of carbonyl (C=O) groups excluding carboxylic acids is 1. The van der Waals surface area contributed by atoms with Crippen molar-refractivity contribution in [3.05, 3.63) is 39.7 Å². The summed E-state index contributed by atoms with van der Waals surface area (Å²) in [5, 5.41) is 12.9. The summed E-state index contributed by atoms with van der Waals surface area (Å²) >= 11 is 1.34. The zero-order valence-electron chi connectivity index (χ0n) is 10.0. The maximum Gasteiger partial charge on any atom is 0.159 e.